The van der Waals surface area contributed by atoms with Crippen molar-refractivity contribution in [2.75, 3.05) is 11.1 Å². The van der Waals surface area contributed by atoms with Crippen molar-refractivity contribution in [3.63, 3.8) is 0 Å². The van der Waals surface area contributed by atoms with Crippen LogP contribution >= 0.6 is 23.4 Å². The first-order chi connectivity index (χ1) is 14.7. The van der Waals surface area contributed by atoms with Crippen LogP contribution in [0.3, 0.4) is 0 Å². The Morgan fingerprint density at radius 3 is 2.29 bits per heavy atom. The lowest BCUT2D eigenvalue weighted by Crippen LogP contribution is -2.15. The number of halogens is 1. The number of rotatable bonds is 7. The molecule has 0 aromatic heterocycles. The fourth-order valence-electron chi connectivity index (χ4n) is 3.09. The van der Waals surface area contributed by atoms with E-state index in [0.717, 1.165) is 5.56 Å². The highest BCUT2D eigenvalue weighted by atomic mass is 35.5. The quantitative estimate of drug-likeness (QED) is 0.404. The van der Waals surface area contributed by atoms with Gasteiger partial charge in [-0.05, 0) is 34.7 Å². The Bertz CT molecular complexity index is 1070. The predicted octanol–water partition coefficient (Wildman–Crippen LogP) is 6.74. The summed E-state index contributed by atoms with van der Waals surface area (Å²) in [4.78, 5) is 25.2. The highest BCUT2D eigenvalue weighted by molar-refractivity contribution is 7.99. The first kappa shape index (κ1) is 23.1. The molecule has 0 unspecified atom stereocenters. The molecule has 0 heterocycles. The van der Waals surface area contributed by atoms with Crippen LogP contribution in [-0.4, -0.2) is 17.4 Å². The van der Waals surface area contributed by atoms with Gasteiger partial charge in [0.25, 0.3) is 0 Å². The molecule has 0 saturated carbocycles. The highest BCUT2D eigenvalue weighted by Gasteiger charge is 2.15. The summed E-state index contributed by atoms with van der Waals surface area (Å²) in [7, 11) is 0. The summed E-state index contributed by atoms with van der Waals surface area (Å²) in [5, 5.41) is 3.58. The molecule has 0 spiro atoms. The van der Waals surface area contributed by atoms with Crippen LogP contribution in [0.5, 0.6) is 0 Å². The van der Waals surface area contributed by atoms with Crippen LogP contribution in [-0.2, 0) is 16.0 Å². The van der Waals surface area contributed by atoms with Crippen LogP contribution in [0.15, 0.2) is 72.8 Å². The fourth-order valence-corrected chi connectivity index (χ4v) is 4.21. The van der Waals surface area contributed by atoms with E-state index in [1.807, 2.05) is 48.5 Å². The van der Waals surface area contributed by atoms with Crippen molar-refractivity contribution < 1.29 is 9.59 Å². The third-order valence-electron chi connectivity index (χ3n) is 4.87. The molecule has 0 fully saturated rings. The number of ketones is 1. The third kappa shape index (κ3) is 6.46. The van der Waals surface area contributed by atoms with Crippen molar-refractivity contribution >= 4 is 40.7 Å². The summed E-state index contributed by atoms with van der Waals surface area (Å²) in [5.41, 5.74) is 4.01. The molecule has 0 bridgehead atoms. The molecule has 3 rings (SSSR count). The van der Waals surface area contributed by atoms with E-state index < -0.39 is 0 Å². The predicted molar refractivity (Wildman–Crippen MR) is 131 cm³/mol. The van der Waals surface area contributed by atoms with Gasteiger partial charge in [0, 0.05) is 27.6 Å². The van der Waals surface area contributed by atoms with Gasteiger partial charge in [-0.1, -0.05) is 87.0 Å². The molecule has 0 radical (unpaired) electrons. The molecule has 3 aromatic rings. The maximum absolute atomic E-state index is 12.9. The summed E-state index contributed by atoms with van der Waals surface area (Å²) < 4.78 is 0. The van der Waals surface area contributed by atoms with Gasteiger partial charge in [0.05, 0.1) is 5.75 Å². The minimum atomic E-state index is -0.115. The number of amides is 1. The van der Waals surface area contributed by atoms with E-state index in [-0.39, 0.29) is 17.1 Å². The van der Waals surface area contributed by atoms with Crippen LogP contribution in [0, 0.1) is 0 Å². The highest BCUT2D eigenvalue weighted by Crippen LogP contribution is 2.24. The number of benzene rings is 3. The Kier molecular flexibility index (Phi) is 7.58. The van der Waals surface area contributed by atoms with E-state index in [0.29, 0.717) is 33.3 Å². The Morgan fingerprint density at radius 2 is 1.61 bits per heavy atom. The average Bonchev–Trinajstić information content (AvgIpc) is 2.74. The minimum absolute atomic E-state index is 0.0373. The normalized spacial score (nSPS) is 11.2. The Balaban J connectivity index is 1.60. The van der Waals surface area contributed by atoms with Gasteiger partial charge in [-0.3, -0.25) is 9.59 Å². The monoisotopic (exact) mass is 451 g/mol. The number of thioether (sulfide) groups is 1. The smallest absolute Gasteiger partial charge is 0.234 e. The van der Waals surface area contributed by atoms with Crippen molar-refractivity contribution in [1.29, 1.82) is 0 Å². The van der Waals surface area contributed by atoms with Crippen LogP contribution in [0.4, 0.5) is 5.69 Å². The summed E-state index contributed by atoms with van der Waals surface area (Å²) in [6, 6.07) is 22.4. The minimum Gasteiger partial charge on any atom is -0.325 e. The molecule has 3 aromatic carbocycles. The molecule has 5 heteroatoms. The molecule has 3 nitrogen and oxygen atoms in total. The summed E-state index contributed by atoms with van der Waals surface area (Å²) in [6.45, 7) is 6.42. The first-order valence-electron chi connectivity index (χ1n) is 10.1. The second-order valence-electron chi connectivity index (χ2n) is 8.37. The Labute approximate surface area is 193 Å². The second kappa shape index (κ2) is 10.2. The first-order valence-corrected chi connectivity index (χ1v) is 11.6. The van der Waals surface area contributed by atoms with Gasteiger partial charge in [-0.25, -0.2) is 0 Å². The van der Waals surface area contributed by atoms with Gasteiger partial charge < -0.3 is 5.32 Å². The molecule has 0 aliphatic rings. The molecular formula is C26H26ClNO2S. The Hall–Kier alpha value is -2.56. The molecule has 160 valence electrons. The lowest BCUT2D eigenvalue weighted by Gasteiger charge is -2.19. The van der Waals surface area contributed by atoms with Gasteiger partial charge in [-0.2, -0.15) is 0 Å². The summed E-state index contributed by atoms with van der Waals surface area (Å²) in [5.74, 6) is 0.786. The lowest BCUT2D eigenvalue weighted by molar-refractivity contribution is -0.113. The zero-order valence-electron chi connectivity index (χ0n) is 17.9. The number of hydrogen-bond acceptors (Lipinski definition) is 3. The zero-order valence-corrected chi connectivity index (χ0v) is 19.5. The van der Waals surface area contributed by atoms with E-state index >= 15 is 0 Å². The molecule has 0 atom stereocenters. The van der Waals surface area contributed by atoms with E-state index in [2.05, 4.69) is 26.1 Å². The molecule has 0 saturated heterocycles. The van der Waals surface area contributed by atoms with Crippen LogP contribution in [0.1, 0.15) is 47.8 Å². The fraction of sp³-hybridized carbons (Fsp3) is 0.231. The number of carbonyl (C=O) groups is 2. The van der Waals surface area contributed by atoms with E-state index in [9.17, 15) is 9.59 Å². The standard InChI is InChI=1S/C26H26ClNO2S/c1-26(2,3)21-13-11-18(12-14-21)25(30)19-8-6-9-22(15-19)28-24(29)17-31-16-20-7-4-5-10-23(20)27/h4-15H,16-17H2,1-3H3,(H,28,29). The molecule has 0 aliphatic heterocycles. The van der Waals surface area contributed by atoms with Crippen molar-refractivity contribution in [3.05, 3.63) is 100 Å². The maximum Gasteiger partial charge on any atom is 0.234 e. The van der Waals surface area contributed by atoms with Crippen LogP contribution in [0.2, 0.25) is 5.02 Å². The van der Waals surface area contributed by atoms with Gasteiger partial charge in [0.15, 0.2) is 5.78 Å². The topological polar surface area (TPSA) is 46.2 Å². The molecule has 0 aliphatic carbocycles. The number of nitrogens with one attached hydrogen (secondary N) is 1. The van der Waals surface area contributed by atoms with E-state index in [1.165, 1.54) is 17.3 Å². The molecular weight excluding hydrogens is 426 g/mol. The molecule has 1 N–H and O–H groups in total. The SMILES string of the molecule is CC(C)(C)c1ccc(C(=O)c2cccc(NC(=O)CSCc3ccccc3Cl)c2)cc1. The lowest BCUT2D eigenvalue weighted by atomic mass is 9.86. The maximum atomic E-state index is 12.9. The summed E-state index contributed by atoms with van der Waals surface area (Å²) in [6.07, 6.45) is 0. The molecule has 1 amide bonds. The van der Waals surface area contributed by atoms with Gasteiger partial charge in [-0.15, -0.1) is 11.8 Å². The average molecular weight is 452 g/mol. The number of carbonyl (C=O) groups excluding carboxylic acids is 2. The van der Waals surface area contributed by atoms with Crippen molar-refractivity contribution in [1.82, 2.24) is 0 Å². The molecule has 31 heavy (non-hydrogen) atoms. The van der Waals surface area contributed by atoms with E-state index in [1.54, 1.807) is 24.3 Å². The largest absolute Gasteiger partial charge is 0.325 e. The second-order valence-corrected chi connectivity index (χ2v) is 9.76. The van der Waals surface area contributed by atoms with Crippen LogP contribution < -0.4 is 5.32 Å². The zero-order chi connectivity index (χ0) is 22.4. The van der Waals surface area contributed by atoms with Gasteiger partial charge >= 0.3 is 0 Å². The van der Waals surface area contributed by atoms with Crippen molar-refractivity contribution in [3.8, 4) is 0 Å². The summed E-state index contributed by atoms with van der Waals surface area (Å²) >= 11 is 7.65. The van der Waals surface area contributed by atoms with Crippen molar-refractivity contribution in [2.45, 2.75) is 31.9 Å². The van der Waals surface area contributed by atoms with Crippen LogP contribution in [0.25, 0.3) is 0 Å². The number of anilines is 1. The van der Waals surface area contributed by atoms with E-state index in [4.69, 9.17) is 11.6 Å². The van der Waals surface area contributed by atoms with Crippen molar-refractivity contribution in [2.24, 2.45) is 0 Å². The third-order valence-corrected chi connectivity index (χ3v) is 6.22. The van der Waals surface area contributed by atoms with Gasteiger partial charge in [0.2, 0.25) is 5.91 Å². The van der Waals surface area contributed by atoms with Gasteiger partial charge in [0.1, 0.15) is 0 Å². The Morgan fingerprint density at radius 1 is 0.903 bits per heavy atom. The number of hydrogen-bond donors (Lipinski definition) is 1.